The van der Waals surface area contributed by atoms with Gasteiger partial charge in [0.15, 0.2) is 12.4 Å². The van der Waals surface area contributed by atoms with Crippen LogP contribution >= 0.6 is 0 Å². The van der Waals surface area contributed by atoms with Crippen LogP contribution in [0.1, 0.15) is 34.6 Å². The first-order valence-electron chi connectivity index (χ1n) is 7.76. The highest BCUT2D eigenvalue weighted by molar-refractivity contribution is 5.94. The molecule has 0 bridgehead atoms. The standard InChI is InChI=1S/C18H17FN4O2/c1-12(21-18(24)14-7-9-22(25)10-8-14)17-11-20-23(13(17)2)16-5-3-15(19)4-6-16/h3-12H,1-2H3,(H,21,24). The van der Waals surface area contributed by atoms with E-state index in [9.17, 15) is 14.4 Å². The van der Waals surface area contributed by atoms with Gasteiger partial charge < -0.3 is 10.5 Å². The largest absolute Gasteiger partial charge is 0.619 e. The fourth-order valence-electron chi connectivity index (χ4n) is 2.61. The number of nitrogens with one attached hydrogen (secondary N) is 1. The van der Waals surface area contributed by atoms with Crippen LogP contribution in [0, 0.1) is 17.9 Å². The first-order valence-corrected chi connectivity index (χ1v) is 7.76. The number of aromatic nitrogens is 3. The van der Waals surface area contributed by atoms with Crippen molar-refractivity contribution in [2.24, 2.45) is 0 Å². The van der Waals surface area contributed by atoms with Gasteiger partial charge in [0.1, 0.15) is 5.82 Å². The van der Waals surface area contributed by atoms with Gasteiger partial charge in [0.05, 0.1) is 23.5 Å². The highest BCUT2D eigenvalue weighted by Gasteiger charge is 2.17. The summed E-state index contributed by atoms with van der Waals surface area (Å²) in [6.45, 7) is 3.74. The van der Waals surface area contributed by atoms with Crippen molar-refractivity contribution in [3.8, 4) is 5.69 Å². The van der Waals surface area contributed by atoms with Crippen molar-refractivity contribution in [2.75, 3.05) is 0 Å². The van der Waals surface area contributed by atoms with Crippen molar-refractivity contribution in [1.82, 2.24) is 15.1 Å². The summed E-state index contributed by atoms with van der Waals surface area (Å²) in [4.78, 5) is 12.3. The van der Waals surface area contributed by atoms with E-state index < -0.39 is 0 Å². The Labute approximate surface area is 144 Å². The van der Waals surface area contributed by atoms with E-state index in [0.29, 0.717) is 10.3 Å². The Morgan fingerprint density at radius 3 is 2.52 bits per heavy atom. The molecule has 1 unspecified atom stereocenters. The zero-order valence-electron chi connectivity index (χ0n) is 13.8. The fraction of sp³-hybridized carbons (Fsp3) is 0.167. The maximum absolute atomic E-state index is 13.1. The minimum atomic E-state index is -0.309. The molecule has 0 spiro atoms. The molecule has 0 saturated carbocycles. The number of benzene rings is 1. The molecule has 6 nitrogen and oxygen atoms in total. The van der Waals surface area contributed by atoms with Gasteiger partial charge in [-0.1, -0.05) is 0 Å². The lowest BCUT2D eigenvalue weighted by molar-refractivity contribution is -0.605. The maximum atomic E-state index is 13.1. The van der Waals surface area contributed by atoms with Crippen LogP contribution in [0.2, 0.25) is 0 Å². The van der Waals surface area contributed by atoms with Crippen molar-refractivity contribution in [2.45, 2.75) is 19.9 Å². The molecule has 1 atom stereocenters. The Kier molecular flexibility index (Phi) is 4.47. The molecule has 0 fully saturated rings. The smallest absolute Gasteiger partial charge is 0.252 e. The summed E-state index contributed by atoms with van der Waals surface area (Å²) in [6.07, 6.45) is 4.23. The SMILES string of the molecule is Cc1c(C(C)NC(=O)c2cc[n+]([O-])cc2)cnn1-c1ccc(F)cc1. The summed E-state index contributed by atoms with van der Waals surface area (Å²) in [5.74, 6) is -0.585. The molecular formula is C18H17FN4O2. The maximum Gasteiger partial charge on any atom is 0.252 e. The zero-order chi connectivity index (χ0) is 18.0. The lowest BCUT2D eigenvalue weighted by Crippen LogP contribution is -2.29. The van der Waals surface area contributed by atoms with Crippen molar-refractivity contribution in [3.63, 3.8) is 0 Å². The number of amides is 1. The van der Waals surface area contributed by atoms with Crippen molar-refractivity contribution < 1.29 is 13.9 Å². The van der Waals surface area contributed by atoms with E-state index >= 15 is 0 Å². The summed E-state index contributed by atoms with van der Waals surface area (Å²) in [5, 5.41) is 18.3. The van der Waals surface area contributed by atoms with E-state index in [4.69, 9.17) is 0 Å². The number of carbonyl (C=O) groups is 1. The van der Waals surface area contributed by atoms with Crippen LogP contribution in [0.25, 0.3) is 5.69 Å². The molecule has 1 amide bonds. The molecule has 1 N–H and O–H groups in total. The van der Waals surface area contributed by atoms with Gasteiger partial charge in [-0.3, -0.25) is 4.79 Å². The molecule has 25 heavy (non-hydrogen) atoms. The molecule has 3 rings (SSSR count). The molecule has 7 heteroatoms. The number of hydrogen-bond donors (Lipinski definition) is 1. The molecule has 3 aromatic rings. The summed E-state index contributed by atoms with van der Waals surface area (Å²) < 4.78 is 15.4. The van der Waals surface area contributed by atoms with Crippen molar-refractivity contribution in [3.05, 3.63) is 82.8 Å². The fourth-order valence-corrected chi connectivity index (χ4v) is 2.61. The molecule has 0 aliphatic rings. The third-order valence-corrected chi connectivity index (χ3v) is 4.00. The molecular weight excluding hydrogens is 323 g/mol. The van der Waals surface area contributed by atoms with Gasteiger partial charge in [0.25, 0.3) is 5.91 Å². The predicted octanol–water partition coefficient (Wildman–Crippen LogP) is 2.44. The van der Waals surface area contributed by atoms with Crippen LogP contribution in [-0.2, 0) is 0 Å². The number of hydrogen-bond acceptors (Lipinski definition) is 3. The van der Waals surface area contributed by atoms with E-state index in [1.54, 1.807) is 23.0 Å². The average Bonchev–Trinajstić information content (AvgIpc) is 2.98. The minimum absolute atomic E-state index is 0.276. The number of nitrogens with zero attached hydrogens (tertiary/aromatic N) is 3. The second kappa shape index (κ2) is 6.72. The quantitative estimate of drug-likeness (QED) is 0.586. The summed E-state index contributed by atoms with van der Waals surface area (Å²) in [7, 11) is 0. The van der Waals surface area contributed by atoms with Gasteiger partial charge >= 0.3 is 0 Å². The lowest BCUT2D eigenvalue weighted by atomic mass is 10.1. The van der Waals surface area contributed by atoms with E-state index in [1.165, 1.54) is 36.7 Å². The van der Waals surface area contributed by atoms with Crippen molar-refractivity contribution in [1.29, 1.82) is 0 Å². The third kappa shape index (κ3) is 3.50. The van der Waals surface area contributed by atoms with E-state index in [1.807, 2.05) is 13.8 Å². The normalized spacial score (nSPS) is 12.0. The van der Waals surface area contributed by atoms with Gasteiger partial charge in [0, 0.05) is 23.4 Å². The molecule has 2 aromatic heterocycles. The first kappa shape index (κ1) is 16.6. The summed E-state index contributed by atoms with van der Waals surface area (Å²) in [5.41, 5.74) is 2.85. The molecule has 0 aliphatic carbocycles. The number of pyridine rings is 1. The Morgan fingerprint density at radius 1 is 1.24 bits per heavy atom. The van der Waals surface area contributed by atoms with Gasteiger partial charge in [-0.05, 0) is 38.1 Å². The minimum Gasteiger partial charge on any atom is -0.619 e. The van der Waals surface area contributed by atoms with Crippen LogP contribution in [0.5, 0.6) is 0 Å². The Morgan fingerprint density at radius 2 is 1.88 bits per heavy atom. The topological polar surface area (TPSA) is 73.9 Å². The summed E-state index contributed by atoms with van der Waals surface area (Å²) in [6, 6.07) is 8.68. The molecule has 0 aliphatic heterocycles. The molecule has 1 aromatic carbocycles. The second-order valence-electron chi connectivity index (χ2n) is 5.72. The van der Waals surface area contributed by atoms with E-state index in [-0.39, 0.29) is 17.8 Å². The Balaban J connectivity index is 1.78. The number of halogens is 1. The van der Waals surface area contributed by atoms with Gasteiger partial charge in [-0.15, -0.1) is 0 Å². The Bertz CT molecular complexity index is 888. The highest BCUT2D eigenvalue weighted by atomic mass is 19.1. The monoisotopic (exact) mass is 340 g/mol. The van der Waals surface area contributed by atoms with Crippen LogP contribution in [-0.4, -0.2) is 15.7 Å². The predicted molar refractivity (Wildman–Crippen MR) is 89.5 cm³/mol. The highest BCUT2D eigenvalue weighted by Crippen LogP contribution is 2.20. The first-order chi connectivity index (χ1) is 12.0. The Hall–Kier alpha value is -3.22. The van der Waals surface area contributed by atoms with E-state index in [0.717, 1.165) is 16.9 Å². The van der Waals surface area contributed by atoms with Crippen LogP contribution in [0.15, 0.2) is 55.0 Å². The third-order valence-electron chi connectivity index (χ3n) is 4.00. The van der Waals surface area contributed by atoms with Crippen LogP contribution in [0.4, 0.5) is 4.39 Å². The van der Waals surface area contributed by atoms with Gasteiger partial charge in [-0.2, -0.15) is 9.83 Å². The molecule has 0 saturated heterocycles. The molecule has 2 heterocycles. The summed E-state index contributed by atoms with van der Waals surface area (Å²) >= 11 is 0. The molecule has 0 radical (unpaired) electrons. The van der Waals surface area contributed by atoms with Crippen molar-refractivity contribution >= 4 is 5.91 Å². The van der Waals surface area contributed by atoms with Crippen LogP contribution in [0.3, 0.4) is 0 Å². The second-order valence-corrected chi connectivity index (χ2v) is 5.72. The lowest BCUT2D eigenvalue weighted by Gasteiger charge is -2.14. The van der Waals surface area contributed by atoms with Gasteiger partial charge in [0.2, 0.25) is 0 Å². The zero-order valence-corrected chi connectivity index (χ0v) is 13.8. The molecule has 128 valence electrons. The average molecular weight is 340 g/mol. The van der Waals surface area contributed by atoms with Gasteiger partial charge in [-0.25, -0.2) is 9.07 Å². The number of carbonyl (C=O) groups excluding carboxylic acids is 1. The van der Waals surface area contributed by atoms with Crippen LogP contribution < -0.4 is 10.0 Å². The van der Waals surface area contributed by atoms with E-state index in [2.05, 4.69) is 10.4 Å². The number of rotatable bonds is 4.